The summed E-state index contributed by atoms with van der Waals surface area (Å²) in [7, 11) is 3.27. The lowest BCUT2D eigenvalue weighted by atomic mass is 10.2. The molecule has 0 atom stereocenters. The summed E-state index contributed by atoms with van der Waals surface area (Å²) in [6.07, 6.45) is 0.945. The monoisotopic (exact) mass is 403 g/mol. The van der Waals surface area contributed by atoms with Crippen LogP contribution < -0.4 is 14.8 Å². The zero-order chi connectivity index (χ0) is 18.1. The third kappa shape index (κ3) is 7.00. The summed E-state index contributed by atoms with van der Waals surface area (Å²) in [5.74, 6) is 0.779. The first-order valence-corrected chi connectivity index (χ1v) is 8.45. The fourth-order valence-electron chi connectivity index (χ4n) is 2.33. The van der Waals surface area contributed by atoms with Gasteiger partial charge in [0.2, 0.25) is 0 Å². The van der Waals surface area contributed by atoms with E-state index in [4.69, 9.17) is 25.8 Å². The number of nitrogens with one attached hydrogen (secondary N) is 1. The molecule has 0 amide bonds. The molecule has 0 bridgehead atoms. The first-order chi connectivity index (χ1) is 12.1. The van der Waals surface area contributed by atoms with E-state index in [1.807, 2.05) is 12.1 Å². The number of hydrogen-bond donors (Lipinski definition) is 1. The van der Waals surface area contributed by atoms with E-state index < -0.39 is 0 Å². The maximum Gasteiger partial charge on any atom is 0.180 e. The van der Waals surface area contributed by atoms with Gasteiger partial charge in [-0.25, -0.2) is 4.39 Å². The Balaban J connectivity index is 0.00000338. The smallest absolute Gasteiger partial charge is 0.180 e. The summed E-state index contributed by atoms with van der Waals surface area (Å²) in [4.78, 5) is 0. The molecule has 0 fully saturated rings. The SMILES string of the molecule is COCCCNCc1cc(Cl)c(OCc2ccc(F)cc2)c(OC)c1.Cl. The predicted molar refractivity (Wildman–Crippen MR) is 104 cm³/mol. The highest BCUT2D eigenvalue weighted by molar-refractivity contribution is 6.32. The number of halogens is 3. The Morgan fingerprint density at radius 1 is 1.08 bits per heavy atom. The van der Waals surface area contributed by atoms with Crippen molar-refractivity contribution in [3.05, 3.63) is 58.4 Å². The molecule has 2 rings (SSSR count). The average molecular weight is 404 g/mol. The van der Waals surface area contributed by atoms with Gasteiger partial charge in [0.05, 0.1) is 12.1 Å². The van der Waals surface area contributed by atoms with Crippen molar-refractivity contribution in [1.82, 2.24) is 5.32 Å². The Morgan fingerprint density at radius 3 is 2.46 bits per heavy atom. The maximum absolute atomic E-state index is 13.0. The Kier molecular flexibility index (Phi) is 10.4. The summed E-state index contributed by atoms with van der Waals surface area (Å²) < 4.78 is 29.2. The molecule has 0 spiro atoms. The van der Waals surface area contributed by atoms with Gasteiger partial charge in [0.25, 0.3) is 0 Å². The third-order valence-electron chi connectivity index (χ3n) is 3.62. The van der Waals surface area contributed by atoms with Crippen LogP contribution in [0.3, 0.4) is 0 Å². The Bertz CT molecular complexity index is 669. The minimum absolute atomic E-state index is 0. The number of methoxy groups -OCH3 is 2. The lowest BCUT2D eigenvalue weighted by molar-refractivity contribution is 0.194. The molecular weight excluding hydrogens is 380 g/mol. The fourth-order valence-corrected chi connectivity index (χ4v) is 2.61. The van der Waals surface area contributed by atoms with Crippen molar-refractivity contribution in [2.24, 2.45) is 0 Å². The first kappa shape index (κ1) is 22.5. The van der Waals surface area contributed by atoms with Crippen LogP contribution in [0.4, 0.5) is 4.39 Å². The number of benzene rings is 2. The molecule has 1 N–H and O–H groups in total. The van der Waals surface area contributed by atoms with Crippen molar-refractivity contribution in [3.8, 4) is 11.5 Å². The third-order valence-corrected chi connectivity index (χ3v) is 3.90. The van der Waals surface area contributed by atoms with Gasteiger partial charge < -0.3 is 19.5 Å². The number of rotatable bonds is 10. The summed E-state index contributed by atoms with van der Waals surface area (Å²) in [6, 6.07) is 9.90. The van der Waals surface area contributed by atoms with Gasteiger partial charge in [0.15, 0.2) is 11.5 Å². The second-order valence-corrected chi connectivity index (χ2v) is 5.95. The molecule has 4 nitrogen and oxygen atoms in total. The van der Waals surface area contributed by atoms with E-state index in [9.17, 15) is 4.39 Å². The van der Waals surface area contributed by atoms with Crippen molar-refractivity contribution in [1.29, 1.82) is 0 Å². The van der Waals surface area contributed by atoms with Gasteiger partial charge in [0, 0.05) is 20.3 Å². The fraction of sp³-hybridized carbons (Fsp3) is 0.368. The van der Waals surface area contributed by atoms with Crippen molar-refractivity contribution >= 4 is 24.0 Å². The Hall–Kier alpha value is -1.53. The average Bonchev–Trinajstić information content (AvgIpc) is 2.61. The van der Waals surface area contributed by atoms with Gasteiger partial charge in [-0.3, -0.25) is 0 Å². The molecule has 0 aliphatic rings. The Labute approximate surface area is 165 Å². The van der Waals surface area contributed by atoms with Crippen LogP contribution in [0.1, 0.15) is 17.5 Å². The molecule has 0 unspecified atom stereocenters. The Morgan fingerprint density at radius 2 is 1.81 bits per heavy atom. The van der Waals surface area contributed by atoms with E-state index in [0.29, 0.717) is 23.1 Å². The van der Waals surface area contributed by atoms with Crippen LogP contribution in [0.15, 0.2) is 36.4 Å². The molecule has 0 saturated heterocycles. The lowest BCUT2D eigenvalue weighted by Crippen LogP contribution is -2.16. The van der Waals surface area contributed by atoms with Crippen LogP contribution in [-0.2, 0) is 17.9 Å². The molecule has 7 heteroatoms. The van der Waals surface area contributed by atoms with Crippen LogP contribution in [0.25, 0.3) is 0 Å². The highest BCUT2D eigenvalue weighted by Gasteiger charge is 2.12. The normalized spacial score (nSPS) is 10.3. The predicted octanol–water partition coefficient (Wildman–Crippen LogP) is 4.61. The highest BCUT2D eigenvalue weighted by Crippen LogP contribution is 2.37. The van der Waals surface area contributed by atoms with Crippen LogP contribution in [0.2, 0.25) is 5.02 Å². The van der Waals surface area contributed by atoms with Crippen molar-refractivity contribution in [2.75, 3.05) is 27.4 Å². The van der Waals surface area contributed by atoms with E-state index in [1.54, 1.807) is 26.4 Å². The quantitative estimate of drug-likeness (QED) is 0.587. The number of hydrogen-bond acceptors (Lipinski definition) is 4. The summed E-state index contributed by atoms with van der Waals surface area (Å²) in [5.41, 5.74) is 1.86. The second kappa shape index (κ2) is 12.0. The van der Waals surface area contributed by atoms with Crippen LogP contribution in [0, 0.1) is 5.82 Å². The molecule has 0 aromatic heterocycles. The first-order valence-electron chi connectivity index (χ1n) is 8.07. The van der Waals surface area contributed by atoms with Gasteiger partial charge >= 0.3 is 0 Å². The highest BCUT2D eigenvalue weighted by atomic mass is 35.5. The van der Waals surface area contributed by atoms with Gasteiger partial charge in [-0.05, 0) is 48.4 Å². The second-order valence-electron chi connectivity index (χ2n) is 5.55. The molecule has 0 heterocycles. The van der Waals surface area contributed by atoms with E-state index in [-0.39, 0.29) is 24.8 Å². The standard InChI is InChI=1S/C19H23ClFNO3.ClH/c1-23-9-3-8-22-12-15-10-17(20)19(18(11-15)24-2)25-13-14-4-6-16(21)7-5-14;/h4-7,10-11,22H,3,8-9,12-13H2,1-2H3;1H. The van der Waals surface area contributed by atoms with Gasteiger partial charge in [0.1, 0.15) is 12.4 Å². The van der Waals surface area contributed by atoms with Crippen molar-refractivity contribution < 1.29 is 18.6 Å². The van der Waals surface area contributed by atoms with E-state index in [2.05, 4.69) is 5.32 Å². The molecule has 144 valence electrons. The molecule has 26 heavy (non-hydrogen) atoms. The maximum atomic E-state index is 13.0. The van der Waals surface area contributed by atoms with Crippen LogP contribution in [-0.4, -0.2) is 27.4 Å². The molecule has 2 aromatic rings. The van der Waals surface area contributed by atoms with Gasteiger partial charge in [-0.15, -0.1) is 12.4 Å². The molecule has 0 radical (unpaired) electrons. The van der Waals surface area contributed by atoms with Gasteiger partial charge in [-0.2, -0.15) is 0 Å². The lowest BCUT2D eigenvalue weighted by Gasteiger charge is -2.15. The summed E-state index contributed by atoms with van der Waals surface area (Å²) >= 11 is 6.35. The van der Waals surface area contributed by atoms with E-state index in [0.717, 1.165) is 30.7 Å². The molecule has 0 aliphatic carbocycles. The van der Waals surface area contributed by atoms with E-state index in [1.165, 1.54) is 12.1 Å². The summed E-state index contributed by atoms with van der Waals surface area (Å²) in [6.45, 7) is 2.55. The van der Waals surface area contributed by atoms with Crippen molar-refractivity contribution in [3.63, 3.8) is 0 Å². The largest absolute Gasteiger partial charge is 0.493 e. The topological polar surface area (TPSA) is 39.7 Å². The van der Waals surface area contributed by atoms with E-state index >= 15 is 0 Å². The van der Waals surface area contributed by atoms with Crippen LogP contribution in [0.5, 0.6) is 11.5 Å². The van der Waals surface area contributed by atoms with Gasteiger partial charge in [-0.1, -0.05) is 23.7 Å². The number of ether oxygens (including phenoxy) is 3. The summed E-state index contributed by atoms with van der Waals surface area (Å²) in [5, 5.41) is 3.81. The van der Waals surface area contributed by atoms with Crippen LogP contribution >= 0.6 is 24.0 Å². The molecule has 2 aromatic carbocycles. The zero-order valence-electron chi connectivity index (χ0n) is 14.9. The molecule has 0 saturated carbocycles. The zero-order valence-corrected chi connectivity index (χ0v) is 16.5. The molecule has 0 aliphatic heterocycles. The molecular formula is C19H24Cl2FNO3. The minimum Gasteiger partial charge on any atom is -0.493 e. The minimum atomic E-state index is -0.276. The van der Waals surface area contributed by atoms with Crippen molar-refractivity contribution in [2.45, 2.75) is 19.6 Å².